The highest BCUT2D eigenvalue weighted by molar-refractivity contribution is 8.17. The second-order valence-electron chi connectivity index (χ2n) is 5.72. The van der Waals surface area contributed by atoms with Crippen LogP contribution in [0.4, 0.5) is 0 Å². The summed E-state index contributed by atoms with van der Waals surface area (Å²) >= 11 is 3.64. The minimum atomic E-state index is 0.547. The molecule has 20 heavy (non-hydrogen) atoms. The van der Waals surface area contributed by atoms with E-state index >= 15 is 0 Å². The van der Waals surface area contributed by atoms with Crippen molar-refractivity contribution in [1.29, 1.82) is 0 Å². The molecule has 3 aliphatic heterocycles. The fraction of sp³-hybridized carbons (Fsp3) is 0.714. The van der Waals surface area contributed by atoms with E-state index < -0.39 is 0 Å². The molecule has 108 valence electrons. The molecule has 0 aromatic heterocycles. The molecule has 2 unspecified atom stereocenters. The van der Waals surface area contributed by atoms with E-state index in [0.29, 0.717) is 12.1 Å². The number of amidine groups is 2. The Morgan fingerprint density at radius 3 is 3.25 bits per heavy atom. The van der Waals surface area contributed by atoms with Gasteiger partial charge < -0.3 is 10.2 Å². The van der Waals surface area contributed by atoms with Crippen molar-refractivity contribution in [3.8, 4) is 0 Å². The van der Waals surface area contributed by atoms with Gasteiger partial charge in [0.1, 0.15) is 0 Å². The Hall–Kier alpha value is -0.620. The summed E-state index contributed by atoms with van der Waals surface area (Å²) in [5.74, 6) is 1.01. The van der Waals surface area contributed by atoms with Gasteiger partial charge in [0.2, 0.25) is 0 Å². The van der Waals surface area contributed by atoms with Crippen molar-refractivity contribution in [2.24, 2.45) is 9.98 Å². The summed E-state index contributed by atoms with van der Waals surface area (Å²) in [6.45, 7) is 2.12. The van der Waals surface area contributed by atoms with E-state index in [4.69, 9.17) is 4.99 Å². The fourth-order valence-corrected chi connectivity index (χ4v) is 5.28. The zero-order valence-electron chi connectivity index (χ0n) is 11.5. The second-order valence-corrected chi connectivity index (χ2v) is 7.52. The molecule has 0 bridgehead atoms. The second kappa shape index (κ2) is 5.64. The molecular weight excluding hydrogens is 288 g/mol. The summed E-state index contributed by atoms with van der Waals surface area (Å²) in [5, 5.41) is 8.24. The van der Waals surface area contributed by atoms with Crippen LogP contribution < -0.4 is 5.32 Å². The van der Waals surface area contributed by atoms with Gasteiger partial charge in [-0.15, -0.1) is 0 Å². The first-order valence-electron chi connectivity index (χ1n) is 7.55. The highest BCUT2D eigenvalue weighted by atomic mass is 32.2. The van der Waals surface area contributed by atoms with Crippen molar-refractivity contribution < 1.29 is 0 Å². The van der Waals surface area contributed by atoms with E-state index in [1.165, 1.54) is 43.0 Å². The number of hydrogen-bond acceptors (Lipinski definition) is 6. The predicted octanol–water partition coefficient (Wildman–Crippen LogP) is 2.64. The first kappa shape index (κ1) is 13.1. The lowest BCUT2D eigenvalue weighted by Gasteiger charge is -2.25. The van der Waals surface area contributed by atoms with Gasteiger partial charge in [-0.3, -0.25) is 9.98 Å². The average molecular weight is 308 g/mol. The standard InChI is InChI=1S/C14H20N4S2/c1-2-5-12-11(4-1)16-13(17-12)19-8-10-9-20-14-15-6-3-7-18(10)14/h9,11-12H,1-8H2,(H,16,17). The monoisotopic (exact) mass is 308 g/mol. The Morgan fingerprint density at radius 2 is 2.30 bits per heavy atom. The van der Waals surface area contributed by atoms with E-state index in [0.717, 1.165) is 24.0 Å². The van der Waals surface area contributed by atoms with Gasteiger partial charge in [-0.05, 0) is 24.7 Å². The van der Waals surface area contributed by atoms with Gasteiger partial charge in [0, 0.05) is 24.5 Å². The third kappa shape index (κ3) is 2.48. The van der Waals surface area contributed by atoms with Crippen LogP contribution in [0.15, 0.2) is 21.1 Å². The summed E-state index contributed by atoms with van der Waals surface area (Å²) in [6.07, 6.45) is 6.44. The summed E-state index contributed by atoms with van der Waals surface area (Å²) in [4.78, 5) is 11.8. The van der Waals surface area contributed by atoms with Gasteiger partial charge in [-0.25, -0.2) is 0 Å². The summed E-state index contributed by atoms with van der Waals surface area (Å²) in [6, 6.07) is 1.16. The normalized spacial score (nSPS) is 32.0. The summed E-state index contributed by atoms with van der Waals surface area (Å²) < 4.78 is 0. The van der Waals surface area contributed by atoms with Crippen LogP contribution in [-0.4, -0.2) is 46.2 Å². The van der Waals surface area contributed by atoms with Crippen LogP contribution in [0.3, 0.4) is 0 Å². The first-order valence-corrected chi connectivity index (χ1v) is 9.41. The number of nitrogens with one attached hydrogen (secondary N) is 1. The Kier molecular flexibility index (Phi) is 3.68. The minimum Gasteiger partial charge on any atom is -0.360 e. The average Bonchev–Trinajstić information content (AvgIpc) is 3.08. The van der Waals surface area contributed by atoms with Gasteiger partial charge >= 0.3 is 0 Å². The number of hydrogen-bond donors (Lipinski definition) is 1. The summed E-state index contributed by atoms with van der Waals surface area (Å²) in [7, 11) is 0. The number of rotatable bonds is 2. The van der Waals surface area contributed by atoms with Crippen molar-refractivity contribution in [2.45, 2.75) is 44.2 Å². The van der Waals surface area contributed by atoms with Gasteiger partial charge in [-0.2, -0.15) is 0 Å². The SMILES string of the molecule is C1=C(CSC2=NC3CCCCC3N2)N2CCCN=C2S1. The molecule has 0 saturated heterocycles. The quantitative estimate of drug-likeness (QED) is 0.851. The Morgan fingerprint density at radius 1 is 1.35 bits per heavy atom. The van der Waals surface area contributed by atoms with Crippen LogP contribution in [0.5, 0.6) is 0 Å². The molecule has 1 saturated carbocycles. The Labute approximate surface area is 128 Å². The highest BCUT2D eigenvalue weighted by Gasteiger charge is 2.31. The summed E-state index contributed by atoms with van der Waals surface area (Å²) in [5.41, 5.74) is 1.40. The third-order valence-electron chi connectivity index (χ3n) is 4.34. The molecule has 6 heteroatoms. The van der Waals surface area contributed by atoms with Crippen LogP contribution in [-0.2, 0) is 0 Å². The van der Waals surface area contributed by atoms with Crippen molar-refractivity contribution >= 4 is 33.9 Å². The molecule has 4 nitrogen and oxygen atoms in total. The molecule has 4 rings (SSSR count). The largest absolute Gasteiger partial charge is 0.360 e. The van der Waals surface area contributed by atoms with E-state index in [-0.39, 0.29) is 0 Å². The third-order valence-corrected chi connectivity index (χ3v) is 6.23. The van der Waals surface area contributed by atoms with Gasteiger partial charge in [0.15, 0.2) is 10.3 Å². The van der Waals surface area contributed by atoms with E-state index in [9.17, 15) is 0 Å². The van der Waals surface area contributed by atoms with E-state index in [1.807, 2.05) is 11.8 Å². The van der Waals surface area contributed by atoms with Crippen molar-refractivity contribution in [3.05, 3.63) is 11.1 Å². The van der Waals surface area contributed by atoms with Crippen LogP contribution >= 0.6 is 23.5 Å². The molecule has 4 aliphatic rings. The zero-order valence-corrected chi connectivity index (χ0v) is 13.2. The molecule has 3 heterocycles. The molecule has 0 spiro atoms. The van der Waals surface area contributed by atoms with E-state index in [1.54, 1.807) is 11.8 Å². The van der Waals surface area contributed by atoms with Crippen molar-refractivity contribution in [3.63, 3.8) is 0 Å². The lowest BCUT2D eigenvalue weighted by Crippen LogP contribution is -2.36. The Balaban J connectivity index is 1.35. The number of thioether (sulfide) groups is 2. The maximum atomic E-state index is 4.86. The van der Waals surface area contributed by atoms with Crippen LogP contribution in [0.1, 0.15) is 32.1 Å². The van der Waals surface area contributed by atoms with Gasteiger partial charge in [0.25, 0.3) is 0 Å². The molecule has 0 amide bonds. The maximum absolute atomic E-state index is 4.86. The topological polar surface area (TPSA) is 40.0 Å². The van der Waals surface area contributed by atoms with Gasteiger partial charge in [-0.1, -0.05) is 36.4 Å². The molecule has 2 atom stereocenters. The minimum absolute atomic E-state index is 0.547. The molecule has 0 aromatic carbocycles. The first-order chi connectivity index (χ1) is 9.90. The van der Waals surface area contributed by atoms with Crippen molar-refractivity contribution in [2.75, 3.05) is 18.8 Å². The molecular formula is C14H20N4S2. The lowest BCUT2D eigenvalue weighted by molar-refractivity contribution is 0.385. The number of nitrogens with zero attached hydrogens (tertiary/aromatic N) is 3. The molecule has 0 aromatic rings. The highest BCUT2D eigenvalue weighted by Crippen LogP contribution is 2.32. The van der Waals surface area contributed by atoms with Crippen LogP contribution in [0.25, 0.3) is 0 Å². The number of aliphatic imine (C=N–C) groups is 2. The molecule has 1 N–H and O–H groups in total. The predicted molar refractivity (Wildman–Crippen MR) is 88.4 cm³/mol. The van der Waals surface area contributed by atoms with Crippen molar-refractivity contribution in [1.82, 2.24) is 10.2 Å². The fourth-order valence-electron chi connectivity index (χ4n) is 3.25. The van der Waals surface area contributed by atoms with Crippen LogP contribution in [0.2, 0.25) is 0 Å². The van der Waals surface area contributed by atoms with E-state index in [2.05, 4.69) is 20.6 Å². The molecule has 1 fully saturated rings. The van der Waals surface area contributed by atoms with Crippen LogP contribution in [0, 0.1) is 0 Å². The molecule has 1 aliphatic carbocycles. The lowest BCUT2D eigenvalue weighted by atomic mass is 9.92. The molecule has 0 radical (unpaired) electrons. The zero-order chi connectivity index (χ0) is 13.4. The van der Waals surface area contributed by atoms with Gasteiger partial charge in [0.05, 0.1) is 12.1 Å². The smallest absolute Gasteiger partial charge is 0.167 e. The maximum Gasteiger partial charge on any atom is 0.167 e. The Bertz CT molecular complexity index is 486. The number of fused-ring (bicyclic) bond motifs is 2.